The number of ether oxygens (including phenoxy) is 2. The van der Waals surface area contributed by atoms with Crippen LogP contribution in [-0.2, 0) is 14.3 Å². The summed E-state index contributed by atoms with van der Waals surface area (Å²) >= 11 is 0. The van der Waals surface area contributed by atoms with E-state index in [1.54, 1.807) is 0 Å². The molecule has 21 heavy (non-hydrogen) atoms. The molecule has 0 fully saturated rings. The van der Waals surface area contributed by atoms with Gasteiger partial charge in [-0.25, -0.2) is 4.39 Å². The van der Waals surface area contributed by atoms with Gasteiger partial charge in [0, 0.05) is 13.0 Å². The van der Waals surface area contributed by atoms with Gasteiger partial charge in [0.1, 0.15) is 5.82 Å². The van der Waals surface area contributed by atoms with Crippen molar-refractivity contribution >= 4 is 17.3 Å². The molecule has 6 heteroatoms. The summed E-state index contributed by atoms with van der Waals surface area (Å²) in [5, 5.41) is 2.64. The monoisotopic (exact) mass is 298 g/mol. The van der Waals surface area contributed by atoms with Gasteiger partial charge in [0.15, 0.2) is 0 Å². The van der Waals surface area contributed by atoms with Crippen molar-refractivity contribution in [3.8, 4) is 0 Å². The number of benzene rings is 1. The van der Waals surface area contributed by atoms with E-state index in [1.165, 1.54) is 18.2 Å². The molecular formula is C15H23FN2O3. The zero-order valence-corrected chi connectivity index (χ0v) is 12.5. The van der Waals surface area contributed by atoms with Crippen LogP contribution in [0.4, 0.5) is 15.8 Å². The molecule has 3 N–H and O–H groups in total. The van der Waals surface area contributed by atoms with Gasteiger partial charge in [-0.05, 0) is 38.5 Å². The fraction of sp³-hybridized carbons (Fsp3) is 0.533. The van der Waals surface area contributed by atoms with Gasteiger partial charge in [-0.2, -0.15) is 0 Å². The number of nitrogens with two attached hydrogens (primary N) is 1. The van der Waals surface area contributed by atoms with Gasteiger partial charge in [0.05, 0.1) is 30.7 Å². The molecule has 1 aromatic rings. The molecule has 0 aliphatic carbocycles. The van der Waals surface area contributed by atoms with Crippen LogP contribution in [0.1, 0.15) is 26.7 Å². The highest BCUT2D eigenvalue weighted by Crippen LogP contribution is 2.19. The van der Waals surface area contributed by atoms with Crippen LogP contribution in [0.15, 0.2) is 18.2 Å². The normalized spacial score (nSPS) is 10.9. The molecule has 0 aliphatic rings. The molecule has 0 saturated carbocycles. The van der Waals surface area contributed by atoms with E-state index < -0.39 is 5.82 Å². The van der Waals surface area contributed by atoms with Crippen LogP contribution in [0, 0.1) is 5.82 Å². The number of rotatable bonds is 9. The summed E-state index contributed by atoms with van der Waals surface area (Å²) in [5.41, 5.74) is 6.25. The SMILES string of the molecule is CC(C)OCCOCCCC(=O)Nc1ccc(F)cc1N. The topological polar surface area (TPSA) is 73.6 Å². The maximum Gasteiger partial charge on any atom is 0.224 e. The van der Waals surface area contributed by atoms with Gasteiger partial charge in [-0.15, -0.1) is 0 Å². The molecule has 1 amide bonds. The van der Waals surface area contributed by atoms with E-state index in [-0.39, 0.29) is 17.7 Å². The lowest BCUT2D eigenvalue weighted by Crippen LogP contribution is -2.14. The number of halogens is 1. The Labute approximate surface area is 124 Å². The lowest BCUT2D eigenvalue weighted by atomic mass is 10.2. The summed E-state index contributed by atoms with van der Waals surface area (Å²) in [4.78, 5) is 11.7. The number of nitrogens with one attached hydrogen (secondary N) is 1. The fourth-order valence-electron chi connectivity index (χ4n) is 1.64. The minimum atomic E-state index is -0.428. The van der Waals surface area contributed by atoms with Crippen molar-refractivity contribution in [3.63, 3.8) is 0 Å². The van der Waals surface area contributed by atoms with Crippen molar-refractivity contribution in [1.29, 1.82) is 0 Å². The Balaban J connectivity index is 2.14. The molecule has 5 nitrogen and oxygen atoms in total. The molecule has 0 aliphatic heterocycles. The predicted octanol–water partition coefficient (Wildman–Crippen LogP) is 2.57. The zero-order chi connectivity index (χ0) is 15.7. The second-order valence-electron chi connectivity index (χ2n) is 4.92. The minimum Gasteiger partial charge on any atom is -0.397 e. The fourth-order valence-corrected chi connectivity index (χ4v) is 1.64. The third kappa shape index (κ3) is 7.63. The first-order valence-corrected chi connectivity index (χ1v) is 7.03. The van der Waals surface area contributed by atoms with E-state index in [2.05, 4.69) is 5.32 Å². The lowest BCUT2D eigenvalue weighted by Gasteiger charge is -2.09. The second-order valence-corrected chi connectivity index (χ2v) is 4.92. The Morgan fingerprint density at radius 3 is 2.76 bits per heavy atom. The number of carbonyl (C=O) groups excluding carboxylic acids is 1. The molecule has 0 bridgehead atoms. The van der Waals surface area contributed by atoms with Gasteiger partial charge >= 0.3 is 0 Å². The first-order chi connectivity index (χ1) is 9.99. The average Bonchev–Trinajstić information content (AvgIpc) is 2.40. The molecule has 0 aromatic heterocycles. The van der Waals surface area contributed by atoms with Crippen LogP contribution in [0.2, 0.25) is 0 Å². The van der Waals surface area contributed by atoms with E-state index >= 15 is 0 Å². The summed E-state index contributed by atoms with van der Waals surface area (Å²) in [5.74, 6) is -0.599. The Morgan fingerprint density at radius 1 is 1.33 bits per heavy atom. The molecule has 0 spiro atoms. The van der Waals surface area contributed by atoms with Crippen LogP contribution in [0.5, 0.6) is 0 Å². The molecule has 0 heterocycles. The molecule has 118 valence electrons. The minimum absolute atomic E-state index is 0.171. The van der Waals surface area contributed by atoms with Crippen molar-refractivity contribution in [2.45, 2.75) is 32.8 Å². The largest absolute Gasteiger partial charge is 0.397 e. The maximum absolute atomic E-state index is 12.9. The van der Waals surface area contributed by atoms with Crippen LogP contribution >= 0.6 is 0 Å². The van der Waals surface area contributed by atoms with E-state index in [1.807, 2.05) is 13.8 Å². The van der Waals surface area contributed by atoms with Crippen molar-refractivity contribution in [1.82, 2.24) is 0 Å². The number of carbonyl (C=O) groups is 1. The van der Waals surface area contributed by atoms with E-state index in [4.69, 9.17) is 15.2 Å². The Bertz CT molecular complexity index is 453. The summed E-state index contributed by atoms with van der Waals surface area (Å²) in [6, 6.07) is 3.87. The van der Waals surface area contributed by atoms with Crippen molar-refractivity contribution < 1.29 is 18.7 Å². The lowest BCUT2D eigenvalue weighted by molar-refractivity contribution is -0.116. The molecule has 1 rings (SSSR count). The van der Waals surface area contributed by atoms with Gasteiger partial charge in [0.25, 0.3) is 0 Å². The van der Waals surface area contributed by atoms with Crippen molar-refractivity contribution in [2.24, 2.45) is 0 Å². The Kier molecular flexibility index (Phi) is 7.71. The highest BCUT2D eigenvalue weighted by Gasteiger charge is 2.06. The number of hydrogen-bond acceptors (Lipinski definition) is 4. The van der Waals surface area contributed by atoms with Gasteiger partial charge < -0.3 is 20.5 Å². The van der Waals surface area contributed by atoms with Crippen LogP contribution in [0.3, 0.4) is 0 Å². The molecule has 1 aromatic carbocycles. The summed E-state index contributed by atoms with van der Waals surface area (Å²) in [7, 11) is 0. The highest BCUT2D eigenvalue weighted by atomic mass is 19.1. The Morgan fingerprint density at radius 2 is 2.10 bits per heavy atom. The van der Waals surface area contributed by atoms with E-state index in [0.29, 0.717) is 38.3 Å². The van der Waals surface area contributed by atoms with Gasteiger partial charge in [-0.1, -0.05) is 0 Å². The number of nitrogen functional groups attached to an aromatic ring is 1. The maximum atomic E-state index is 12.9. The van der Waals surface area contributed by atoms with Gasteiger partial charge in [0.2, 0.25) is 5.91 Å². The summed E-state index contributed by atoms with van der Waals surface area (Å²) in [6.45, 7) is 5.49. The summed E-state index contributed by atoms with van der Waals surface area (Å²) in [6.07, 6.45) is 1.12. The second kappa shape index (κ2) is 9.31. The van der Waals surface area contributed by atoms with Crippen LogP contribution in [0.25, 0.3) is 0 Å². The van der Waals surface area contributed by atoms with Crippen molar-refractivity contribution in [3.05, 3.63) is 24.0 Å². The number of amides is 1. The zero-order valence-electron chi connectivity index (χ0n) is 12.5. The quantitative estimate of drug-likeness (QED) is 0.543. The third-order valence-corrected chi connectivity index (χ3v) is 2.66. The molecule has 0 unspecified atom stereocenters. The molecule has 0 saturated heterocycles. The van der Waals surface area contributed by atoms with Gasteiger partial charge in [-0.3, -0.25) is 4.79 Å². The number of hydrogen-bond donors (Lipinski definition) is 2. The van der Waals surface area contributed by atoms with Crippen molar-refractivity contribution in [2.75, 3.05) is 30.9 Å². The van der Waals surface area contributed by atoms with E-state index in [0.717, 1.165) is 0 Å². The first-order valence-electron chi connectivity index (χ1n) is 7.03. The highest BCUT2D eigenvalue weighted by molar-refractivity contribution is 5.93. The molecule has 0 atom stereocenters. The average molecular weight is 298 g/mol. The predicted molar refractivity (Wildman–Crippen MR) is 80.6 cm³/mol. The molecule has 0 radical (unpaired) electrons. The summed E-state index contributed by atoms with van der Waals surface area (Å²) < 4.78 is 23.5. The third-order valence-electron chi connectivity index (χ3n) is 2.66. The first kappa shape index (κ1) is 17.4. The smallest absolute Gasteiger partial charge is 0.224 e. The Hall–Kier alpha value is -1.66. The van der Waals surface area contributed by atoms with Crippen LogP contribution in [-0.4, -0.2) is 31.8 Å². The van der Waals surface area contributed by atoms with Crippen LogP contribution < -0.4 is 11.1 Å². The number of anilines is 2. The molecular weight excluding hydrogens is 275 g/mol. The standard InChI is InChI=1S/C15H23FN2O3/c1-11(2)21-9-8-20-7-3-4-15(19)18-14-6-5-12(16)10-13(14)17/h5-6,10-11H,3-4,7-9,17H2,1-2H3,(H,18,19). The van der Waals surface area contributed by atoms with E-state index in [9.17, 15) is 9.18 Å².